The maximum absolute atomic E-state index is 11.1. The zero-order valence-electron chi connectivity index (χ0n) is 14.4. The second kappa shape index (κ2) is 6.88. The van der Waals surface area contributed by atoms with Crippen LogP contribution in [0.25, 0.3) is 10.2 Å². The number of hydrogen-bond acceptors (Lipinski definition) is 6. The number of carbonyl (C=O) groups is 1. The van der Waals surface area contributed by atoms with Crippen molar-refractivity contribution < 1.29 is 9.90 Å². The van der Waals surface area contributed by atoms with Crippen LogP contribution in [0.5, 0.6) is 0 Å². The van der Waals surface area contributed by atoms with Gasteiger partial charge in [0.05, 0.1) is 11.9 Å². The number of anilines is 1. The highest BCUT2D eigenvalue weighted by Gasteiger charge is 2.37. The Balaban J connectivity index is 1.39. The molecule has 0 unspecified atom stereocenters. The van der Waals surface area contributed by atoms with Crippen molar-refractivity contribution in [2.75, 3.05) is 18.4 Å². The molecule has 0 amide bonds. The molecule has 2 aromatic heterocycles. The van der Waals surface area contributed by atoms with Gasteiger partial charge in [-0.15, -0.1) is 11.3 Å². The predicted octanol–water partition coefficient (Wildman–Crippen LogP) is 2.99. The van der Waals surface area contributed by atoms with Crippen LogP contribution in [-0.4, -0.2) is 51.1 Å². The van der Waals surface area contributed by atoms with E-state index >= 15 is 0 Å². The monoisotopic (exact) mass is 360 g/mol. The maximum Gasteiger partial charge on any atom is 0.317 e. The van der Waals surface area contributed by atoms with Crippen molar-refractivity contribution in [3.05, 3.63) is 17.3 Å². The molecular formula is C18H24N4O2S. The molecule has 4 rings (SSSR count). The molecule has 0 radical (unpaired) electrons. The fourth-order valence-electron chi connectivity index (χ4n) is 3.54. The molecule has 0 atom stereocenters. The van der Waals surface area contributed by atoms with Gasteiger partial charge in [0.2, 0.25) is 0 Å². The largest absolute Gasteiger partial charge is 0.480 e. The van der Waals surface area contributed by atoms with Crippen LogP contribution >= 0.6 is 11.3 Å². The molecule has 0 bridgehead atoms. The molecular weight excluding hydrogens is 336 g/mol. The Hall–Kier alpha value is -1.73. The molecule has 25 heavy (non-hydrogen) atoms. The van der Waals surface area contributed by atoms with E-state index in [0.717, 1.165) is 41.8 Å². The van der Waals surface area contributed by atoms with Gasteiger partial charge in [-0.05, 0) is 44.1 Å². The molecule has 0 spiro atoms. The van der Waals surface area contributed by atoms with Crippen molar-refractivity contribution in [3.63, 3.8) is 0 Å². The molecule has 2 N–H and O–H groups in total. The van der Waals surface area contributed by atoms with Gasteiger partial charge in [0.15, 0.2) is 0 Å². The van der Waals surface area contributed by atoms with E-state index in [9.17, 15) is 4.79 Å². The Bertz CT molecular complexity index is 768. The third-order valence-corrected chi connectivity index (χ3v) is 6.41. The van der Waals surface area contributed by atoms with E-state index in [1.54, 1.807) is 17.7 Å². The average Bonchev–Trinajstić information content (AvgIpc) is 3.24. The molecule has 2 aliphatic rings. The van der Waals surface area contributed by atoms with E-state index in [1.165, 1.54) is 17.7 Å². The summed E-state index contributed by atoms with van der Waals surface area (Å²) in [6.07, 6.45) is 7.10. The van der Waals surface area contributed by atoms with Gasteiger partial charge < -0.3 is 10.4 Å². The molecule has 0 aromatic carbocycles. The lowest BCUT2D eigenvalue weighted by Crippen LogP contribution is -2.52. The van der Waals surface area contributed by atoms with Gasteiger partial charge in [-0.1, -0.05) is 6.92 Å². The number of thiophene rings is 1. The first kappa shape index (κ1) is 16.7. The summed E-state index contributed by atoms with van der Waals surface area (Å²) >= 11 is 1.73. The highest BCUT2D eigenvalue weighted by atomic mass is 32.1. The van der Waals surface area contributed by atoms with Crippen molar-refractivity contribution in [2.45, 2.75) is 51.1 Å². The van der Waals surface area contributed by atoms with Gasteiger partial charge >= 0.3 is 5.97 Å². The SMILES string of the molecule is CCc1cc2c(NC3CC(N(CC(=O)O)CC4CC4)C3)ncnc2s1. The molecule has 2 fully saturated rings. The van der Waals surface area contributed by atoms with Crippen molar-refractivity contribution >= 4 is 33.3 Å². The number of nitrogens with one attached hydrogen (secondary N) is 1. The molecule has 2 saturated carbocycles. The average molecular weight is 360 g/mol. The zero-order chi connectivity index (χ0) is 17.4. The Kier molecular flexibility index (Phi) is 4.60. The number of nitrogens with zero attached hydrogens (tertiary/aromatic N) is 3. The first-order valence-electron chi connectivity index (χ1n) is 9.08. The van der Waals surface area contributed by atoms with Crippen LogP contribution in [0.1, 0.15) is 37.5 Å². The van der Waals surface area contributed by atoms with Crippen LogP contribution in [0.15, 0.2) is 12.4 Å². The van der Waals surface area contributed by atoms with E-state index in [-0.39, 0.29) is 6.54 Å². The van der Waals surface area contributed by atoms with Gasteiger partial charge in [0.25, 0.3) is 0 Å². The number of rotatable bonds is 8. The second-order valence-electron chi connectivity index (χ2n) is 7.24. The number of aliphatic carboxylic acids is 1. The van der Waals surface area contributed by atoms with Crippen LogP contribution in [0.2, 0.25) is 0 Å². The summed E-state index contributed by atoms with van der Waals surface area (Å²) in [5, 5.41) is 13.8. The minimum Gasteiger partial charge on any atom is -0.480 e. The molecule has 2 heterocycles. The number of aromatic nitrogens is 2. The normalized spacial score (nSPS) is 23.0. The van der Waals surface area contributed by atoms with Crippen LogP contribution in [0.4, 0.5) is 5.82 Å². The molecule has 0 saturated heterocycles. The maximum atomic E-state index is 11.1. The number of carboxylic acids is 1. The molecule has 0 aliphatic heterocycles. The summed E-state index contributed by atoms with van der Waals surface area (Å²) in [6.45, 7) is 3.25. The van der Waals surface area contributed by atoms with Crippen molar-refractivity contribution in [1.29, 1.82) is 0 Å². The third kappa shape index (κ3) is 3.77. The summed E-state index contributed by atoms with van der Waals surface area (Å²) < 4.78 is 0. The van der Waals surface area contributed by atoms with Crippen LogP contribution in [-0.2, 0) is 11.2 Å². The van der Waals surface area contributed by atoms with Gasteiger partial charge in [-0.25, -0.2) is 9.97 Å². The van der Waals surface area contributed by atoms with Crippen molar-refractivity contribution in [2.24, 2.45) is 5.92 Å². The molecule has 2 aromatic rings. The quantitative estimate of drug-likeness (QED) is 0.753. The standard InChI is InChI=1S/C18H24N4O2S/c1-2-14-7-15-17(19-10-20-18(15)25-14)21-12-5-13(6-12)22(9-16(23)24)8-11-3-4-11/h7,10-13H,2-6,8-9H2,1H3,(H,23,24)(H,19,20,21). The molecule has 134 valence electrons. The summed E-state index contributed by atoms with van der Waals surface area (Å²) in [5.74, 6) is 0.905. The van der Waals surface area contributed by atoms with Gasteiger partial charge in [-0.2, -0.15) is 0 Å². The first-order valence-corrected chi connectivity index (χ1v) is 9.89. The first-order chi connectivity index (χ1) is 12.1. The lowest BCUT2D eigenvalue weighted by molar-refractivity contribution is -0.139. The summed E-state index contributed by atoms with van der Waals surface area (Å²) in [7, 11) is 0. The Labute approximate surface area is 151 Å². The smallest absolute Gasteiger partial charge is 0.317 e. The molecule has 7 heteroatoms. The van der Waals surface area contributed by atoms with E-state index in [1.807, 2.05) is 0 Å². The second-order valence-corrected chi connectivity index (χ2v) is 8.36. The van der Waals surface area contributed by atoms with E-state index < -0.39 is 5.97 Å². The minimum atomic E-state index is -0.722. The van der Waals surface area contributed by atoms with Gasteiger partial charge in [0, 0.05) is 23.5 Å². The number of fused-ring (bicyclic) bond motifs is 1. The van der Waals surface area contributed by atoms with E-state index in [2.05, 4.69) is 33.2 Å². The van der Waals surface area contributed by atoms with Gasteiger partial charge in [-0.3, -0.25) is 9.69 Å². The number of carboxylic acid groups (broad SMARTS) is 1. The fraction of sp³-hybridized carbons (Fsp3) is 0.611. The third-order valence-electron chi connectivity index (χ3n) is 5.23. The summed E-state index contributed by atoms with van der Waals surface area (Å²) in [6, 6.07) is 2.92. The Morgan fingerprint density at radius 1 is 1.40 bits per heavy atom. The molecule has 2 aliphatic carbocycles. The summed E-state index contributed by atoms with van der Waals surface area (Å²) in [4.78, 5) is 24.4. The van der Waals surface area contributed by atoms with Crippen LogP contribution < -0.4 is 5.32 Å². The van der Waals surface area contributed by atoms with Gasteiger partial charge in [0.1, 0.15) is 17.0 Å². The Morgan fingerprint density at radius 3 is 2.88 bits per heavy atom. The number of hydrogen-bond donors (Lipinski definition) is 2. The fourth-order valence-corrected chi connectivity index (χ4v) is 4.48. The van der Waals surface area contributed by atoms with Crippen LogP contribution in [0, 0.1) is 5.92 Å². The van der Waals surface area contributed by atoms with Crippen molar-refractivity contribution in [3.8, 4) is 0 Å². The van der Waals surface area contributed by atoms with E-state index in [0.29, 0.717) is 18.0 Å². The zero-order valence-corrected chi connectivity index (χ0v) is 15.3. The van der Waals surface area contributed by atoms with Crippen molar-refractivity contribution in [1.82, 2.24) is 14.9 Å². The van der Waals surface area contributed by atoms with E-state index in [4.69, 9.17) is 5.11 Å². The Morgan fingerprint density at radius 2 is 2.20 bits per heavy atom. The lowest BCUT2D eigenvalue weighted by atomic mass is 9.85. The highest BCUT2D eigenvalue weighted by molar-refractivity contribution is 7.18. The predicted molar refractivity (Wildman–Crippen MR) is 99.2 cm³/mol. The number of aryl methyl sites for hydroxylation is 1. The molecule has 6 nitrogen and oxygen atoms in total. The lowest BCUT2D eigenvalue weighted by Gasteiger charge is -2.43. The highest BCUT2D eigenvalue weighted by Crippen LogP contribution is 2.36. The minimum absolute atomic E-state index is 0.163. The summed E-state index contributed by atoms with van der Waals surface area (Å²) in [5.41, 5.74) is 0. The van der Waals surface area contributed by atoms with Crippen LogP contribution in [0.3, 0.4) is 0 Å². The topological polar surface area (TPSA) is 78.4 Å².